The van der Waals surface area contributed by atoms with Gasteiger partial charge in [-0.05, 0) is 48.7 Å². The maximum Gasteiger partial charge on any atom is 0.267 e. The van der Waals surface area contributed by atoms with E-state index in [9.17, 15) is 9.59 Å². The number of halogens is 1. The minimum atomic E-state index is -0.282. The van der Waals surface area contributed by atoms with E-state index in [4.69, 9.17) is 26.3 Å². The minimum Gasteiger partial charge on any atom is -0.487 e. The molecule has 0 aliphatic carbocycles. The summed E-state index contributed by atoms with van der Waals surface area (Å²) in [6.45, 7) is 9.87. The molecule has 5 heterocycles. The van der Waals surface area contributed by atoms with Crippen LogP contribution in [-0.4, -0.2) is 63.9 Å². The van der Waals surface area contributed by atoms with Gasteiger partial charge in [0.1, 0.15) is 17.3 Å². The number of thiazole rings is 1. The van der Waals surface area contributed by atoms with Crippen LogP contribution in [0.2, 0.25) is 5.02 Å². The van der Waals surface area contributed by atoms with Gasteiger partial charge in [-0.1, -0.05) is 54.6 Å². The molecule has 10 nitrogen and oxygen atoms in total. The summed E-state index contributed by atoms with van der Waals surface area (Å²) in [5.41, 5.74) is 4.02. The normalized spacial score (nSPS) is 15.7. The quantitative estimate of drug-likeness (QED) is 0.254. The molecule has 0 saturated carbocycles. The summed E-state index contributed by atoms with van der Waals surface area (Å²) in [7, 11) is 0. The molecule has 6 rings (SSSR count). The van der Waals surface area contributed by atoms with E-state index in [1.165, 1.54) is 23.6 Å². The predicted octanol–water partition coefficient (Wildman–Crippen LogP) is 5.72. The largest absolute Gasteiger partial charge is 0.487 e. The molecule has 0 spiro atoms. The zero-order valence-electron chi connectivity index (χ0n) is 23.8. The van der Waals surface area contributed by atoms with Crippen molar-refractivity contribution in [1.29, 1.82) is 0 Å². The third kappa shape index (κ3) is 5.78. The highest BCUT2D eigenvalue weighted by molar-refractivity contribution is 7.17. The van der Waals surface area contributed by atoms with Crippen molar-refractivity contribution in [2.75, 3.05) is 41.8 Å². The molecule has 1 aromatic carbocycles. The summed E-state index contributed by atoms with van der Waals surface area (Å²) in [6.07, 6.45) is 5.44. The lowest BCUT2D eigenvalue weighted by Gasteiger charge is -2.44. The van der Waals surface area contributed by atoms with E-state index in [0.29, 0.717) is 58.5 Å². The van der Waals surface area contributed by atoms with Crippen LogP contribution in [0.15, 0.2) is 61.4 Å². The van der Waals surface area contributed by atoms with Gasteiger partial charge in [0.05, 0.1) is 28.6 Å². The number of carbonyl (C=O) groups excluding carboxylic acids is 2. The molecule has 2 aliphatic heterocycles. The summed E-state index contributed by atoms with van der Waals surface area (Å²) in [6, 6.07) is 11.5. The molecule has 220 valence electrons. The Kier molecular flexibility index (Phi) is 8.00. The van der Waals surface area contributed by atoms with Crippen LogP contribution in [0.3, 0.4) is 0 Å². The highest BCUT2D eigenvalue weighted by atomic mass is 35.5. The van der Waals surface area contributed by atoms with Crippen LogP contribution in [0.1, 0.15) is 27.7 Å². The molecule has 1 saturated heterocycles. The van der Waals surface area contributed by atoms with Gasteiger partial charge in [-0.15, -0.1) is 0 Å². The van der Waals surface area contributed by atoms with Gasteiger partial charge < -0.3 is 25.2 Å². The molecule has 0 unspecified atom stereocenters. The first-order chi connectivity index (χ1) is 20.8. The van der Waals surface area contributed by atoms with E-state index in [1.54, 1.807) is 17.2 Å². The van der Waals surface area contributed by atoms with E-state index in [2.05, 4.69) is 34.0 Å². The number of aromatic nitrogens is 3. The fourth-order valence-electron chi connectivity index (χ4n) is 5.24. The third-order valence-electron chi connectivity index (χ3n) is 7.58. The van der Waals surface area contributed by atoms with Crippen molar-refractivity contribution in [2.24, 2.45) is 0 Å². The standard InChI is InChI=1S/C31H30ClN7O3S/c1-4-19-9-10-23(20-13-24-29(33-14-20)39-12-11-38(26(40)5-2)16-21(39)17-42-24)35-28(19)37-31-34-15-25(43-31)30(41)36-27-18(3)7-6-8-22(27)32/h5-10,13-15,21H,2,4,11-12,16-17H2,1,3H3,(H,36,41)(H,34,35,37)/t21-/m1/s1. The molecule has 0 bridgehead atoms. The average Bonchev–Trinajstić information content (AvgIpc) is 3.50. The van der Waals surface area contributed by atoms with Crippen molar-refractivity contribution in [1.82, 2.24) is 19.9 Å². The summed E-state index contributed by atoms with van der Waals surface area (Å²) < 4.78 is 6.10. The molecular formula is C31H30ClN7O3S. The molecule has 2 amide bonds. The number of aryl methyl sites for hydroxylation is 2. The van der Waals surface area contributed by atoms with Crippen LogP contribution < -0.4 is 20.3 Å². The van der Waals surface area contributed by atoms with Crippen molar-refractivity contribution in [3.05, 3.63) is 82.5 Å². The zero-order valence-corrected chi connectivity index (χ0v) is 25.3. The summed E-state index contributed by atoms with van der Waals surface area (Å²) in [5.74, 6) is 1.77. The molecule has 2 N–H and O–H groups in total. The number of para-hydroxylation sites is 1. The van der Waals surface area contributed by atoms with Crippen molar-refractivity contribution in [3.63, 3.8) is 0 Å². The molecule has 12 heteroatoms. The summed E-state index contributed by atoms with van der Waals surface area (Å²) >= 11 is 7.52. The Bertz CT molecular complexity index is 1710. The number of piperazine rings is 1. The van der Waals surface area contributed by atoms with Gasteiger partial charge in [-0.25, -0.2) is 15.0 Å². The maximum absolute atomic E-state index is 12.9. The van der Waals surface area contributed by atoms with Gasteiger partial charge in [0.2, 0.25) is 5.91 Å². The fourth-order valence-corrected chi connectivity index (χ4v) is 6.22. The lowest BCUT2D eigenvalue weighted by molar-refractivity contribution is -0.127. The molecule has 1 atom stereocenters. The van der Waals surface area contributed by atoms with Gasteiger partial charge >= 0.3 is 0 Å². The Hall–Kier alpha value is -4.48. The number of nitrogens with zero attached hydrogens (tertiary/aromatic N) is 5. The van der Waals surface area contributed by atoms with Gasteiger partial charge in [0, 0.05) is 31.4 Å². The van der Waals surface area contributed by atoms with Gasteiger partial charge in [0.25, 0.3) is 5.91 Å². The van der Waals surface area contributed by atoms with E-state index in [0.717, 1.165) is 34.6 Å². The number of nitrogens with one attached hydrogen (secondary N) is 2. The summed E-state index contributed by atoms with van der Waals surface area (Å²) in [4.78, 5) is 43.5. The SMILES string of the molecule is C=CC(=O)N1CCN2c3ncc(-c4ccc(CC)c(Nc5ncc(C(=O)Nc6c(C)cccc6Cl)s5)n4)cc3OC[C@H]2C1. The maximum atomic E-state index is 12.9. The molecule has 0 radical (unpaired) electrons. The van der Waals surface area contributed by atoms with Gasteiger partial charge in [-0.3, -0.25) is 9.59 Å². The Morgan fingerprint density at radius 1 is 1.21 bits per heavy atom. The number of amides is 2. The van der Waals surface area contributed by atoms with Crippen molar-refractivity contribution in [3.8, 4) is 17.0 Å². The van der Waals surface area contributed by atoms with E-state index in [-0.39, 0.29) is 17.9 Å². The minimum absolute atomic E-state index is 0.0419. The molecule has 43 heavy (non-hydrogen) atoms. The second-order valence-corrected chi connectivity index (χ2v) is 11.7. The van der Waals surface area contributed by atoms with Crippen molar-refractivity contribution >= 4 is 57.2 Å². The van der Waals surface area contributed by atoms with Crippen LogP contribution in [0.4, 0.5) is 22.5 Å². The number of carbonyl (C=O) groups is 2. The van der Waals surface area contributed by atoms with Crippen LogP contribution in [0.5, 0.6) is 5.75 Å². The monoisotopic (exact) mass is 615 g/mol. The summed E-state index contributed by atoms with van der Waals surface area (Å²) in [5, 5.41) is 7.22. The Labute approximate surface area is 258 Å². The molecule has 2 aliphatic rings. The Balaban J connectivity index is 1.20. The molecule has 1 fully saturated rings. The highest BCUT2D eigenvalue weighted by Crippen LogP contribution is 2.37. The first-order valence-corrected chi connectivity index (χ1v) is 15.1. The van der Waals surface area contributed by atoms with Crippen LogP contribution in [0, 0.1) is 6.92 Å². The number of hydrogen-bond donors (Lipinski definition) is 2. The number of anilines is 4. The molecule has 3 aromatic heterocycles. The van der Waals surface area contributed by atoms with Crippen molar-refractivity contribution in [2.45, 2.75) is 26.3 Å². The zero-order chi connectivity index (χ0) is 30.1. The first-order valence-electron chi connectivity index (χ1n) is 13.9. The van der Waals surface area contributed by atoms with Gasteiger partial charge in [0.15, 0.2) is 16.7 Å². The predicted molar refractivity (Wildman–Crippen MR) is 170 cm³/mol. The fraction of sp³-hybridized carbons (Fsp3) is 0.258. The average molecular weight is 616 g/mol. The number of pyridine rings is 2. The van der Waals surface area contributed by atoms with E-state index < -0.39 is 0 Å². The number of benzene rings is 1. The van der Waals surface area contributed by atoms with E-state index >= 15 is 0 Å². The number of fused-ring (bicyclic) bond motifs is 3. The van der Waals surface area contributed by atoms with E-state index in [1.807, 2.05) is 37.3 Å². The number of hydrogen-bond acceptors (Lipinski definition) is 9. The number of ether oxygens (including phenoxy) is 1. The van der Waals surface area contributed by atoms with Crippen LogP contribution in [0.25, 0.3) is 11.3 Å². The number of rotatable bonds is 7. The second kappa shape index (κ2) is 12.0. The van der Waals surface area contributed by atoms with Crippen molar-refractivity contribution < 1.29 is 14.3 Å². The smallest absolute Gasteiger partial charge is 0.267 e. The second-order valence-electron chi connectivity index (χ2n) is 10.3. The Morgan fingerprint density at radius 2 is 2.07 bits per heavy atom. The third-order valence-corrected chi connectivity index (χ3v) is 8.80. The van der Waals surface area contributed by atoms with Gasteiger partial charge in [-0.2, -0.15) is 0 Å². The first kappa shape index (κ1) is 28.6. The van der Waals surface area contributed by atoms with Crippen LogP contribution >= 0.6 is 22.9 Å². The Morgan fingerprint density at radius 3 is 2.86 bits per heavy atom. The molecule has 4 aromatic rings. The topological polar surface area (TPSA) is 113 Å². The lowest BCUT2D eigenvalue weighted by atomic mass is 10.1. The van der Waals surface area contributed by atoms with Crippen LogP contribution in [-0.2, 0) is 11.2 Å². The lowest BCUT2D eigenvalue weighted by Crippen LogP contribution is -2.58. The molecular weight excluding hydrogens is 586 g/mol. The highest BCUT2D eigenvalue weighted by Gasteiger charge is 2.35.